The second-order valence-electron chi connectivity index (χ2n) is 8.70. The summed E-state index contributed by atoms with van der Waals surface area (Å²) in [6.07, 6.45) is 1.77. The van der Waals surface area contributed by atoms with Gasteiger partial charge in [-0.2, -0.15) is 4.31 Å². The van der Waals surface area contributed by atoms with E-state index in [1.807, 2.05) is 17.0 Å². The summed E-state index contributed by atoms with van der Waals surface area (Å²) in [6, 6.07) is 7.49. The molecule has 10 heteroatoms. The molecule has 4 heterocycles. The number of carbonyl (C=O) groups excluding carboxylic acids is 1. The van der Waals surface area contributed by atoms with Gasteiger partial charge in [0.15, 0.2) is 11.6 Å². The molecule has 1 saturated heterocycles. The fourth-order valence-electron chi connectivity index (χ4n) is 5.08. The number of rotatable bonds is 6. The van der Waals surface area contributed by atoms with Gasteiger partial charge in [-0.05, 0) is 62.1 Å². The molecular weight excluding hydrogens is 440 g/mol. The molecule has 0 unspecified atom stereocenters. The van der Waals surface area contributed by atoms with Crippen LogP contribution in [0.4, 0.5) is 17.3 Å². The molecule has 1 aromatic carbocycles. The summed E-state index contributed by atoms with van der Waals surface area (Å²) >= 11 is 0. The van der Waals surface area contributed by atoms with Crippen molar-refractivity contribution in [3.05, 3.63) is 35.4 Å². The number of sulfonamides is 1. The summed E-state index contributed by atoms with van der Waals surface area (Å²) in [5.74, 6) is 1.77. The zero-order valence-electron chi connectivity index (χ0n) is 19.2. The summed E-state index contributed by atoms with van der Waals surface area (Å²) in [7, 11) is -3.59. The van der Waals surface area contributed by atoms with Crippen molar-refractivity contribution in [3.63, 3.8) is 0 Å². The highest BCUT2D eigenvalue weighted by Crippen LogP contribution is 2.39. The topological polar surface area (TPSA) is 90.0 Å². The minimum Gasteiger partial charge on any atom is -0.356 e. The Morgan fingerprint density at radius 2 is 1.61 bits per heavy atom. The highest BCUT2D eigenvalue weighted by atomic mass is 32.2. The third kappa shape index (κ3) is 3.85. The Kier molecular flexibility index (Phi) is 5.74. The predicted octanol–water partition coefficient (Wildman–Crippen LogP) is 1.67. The van der Waals surface area contributed by atoms with Gasteiger partial charge in [0.25, 0.3) is 0 Å². The van der Waals surface area contributed by atoms with E-state index in [2.05, 4.69) is 33.8 Å². The van der Waals surface area contributed by atoms with E-state index in [-0.39, 0.29) is 5.91 Å². The number of aromatic nitrogens is 2. The average Bonchev–Trinajstić information content (AvgIpc) is 3.28. The summed E-state index contributed by atoms with van der Waals surface area (Å²) in [4.78, 5) is 18.6. The van der Waals surface area contributed by atoms with Gasteiger partial charge in [-0.1, -0.05) is 0 Å². The summed E-state index contributed by atoms with van der Waals surface area (Å²) in [5.41, 5.74) is 2.90. The molecule has 176 valence electrons. The molecule has 0 atom stereocenters. The highest BCUT2D eigenvalue weighted by molar-refractivity contribution is 7.89. The summed E-state index contributed by atoms with van der Waals surface area (Å²) in [5, 5.41) is 8.74. The van der Waals surface area contributed by atoms with Crippen molar-refractivity contribution in [2.24, 2.45) is 0 Å². The van der Waals surface area contributed by atoms with Crippen LogP contribution in [0.3, 0.4) is 0 Å². The second kappa shape index (κ2) is 8.57. The smallest absolute Gasteiger partial charge is 0.243 e. The van der Waals surface area contributed by atoms with Crippen molar-refractivity contribution in [1.29, 1.82) is 0 Å². The lowest BCUT2D eigenvalue weighted by atomic mass is 10.00. The Labute approximate surface area is 195 Å². The molecule has 0 aliphatic carbocycles. The molecule has 2 aromatic rings. The fraction of sp³-hybridized carbons (Fsp3) is 0.522. The van der Waals surface area contributed by atoms with E-state index in [4.69, 9.17) is 0 Å². The molecule has 5 rings (SSSR count). The standard InChI is InChI=1S/C23H30N6O3S/c1-3-26(4-2)20-6-7-21(25-24-20)27-11-13-28(14-12-27)33(31,32)19-15-17-5-8-22(30)29-10-9-18(16-19)23(17)29/h6-7,15-16H,3-5,8-14H2,1-2H3. The van der Waals surface area contributed by atoms with E-state index < -0.39 is 10.0 Å². The highest BCUT2D eigenvalue weighted by Gasteiger charge is 2.35. The van der Waals surface area contributed by atoms with Gasteiger partial charge in [-0.25, -0.2) is 8.42 Å². The molecule has 0 radical (unpaired) electrons. The third-order valence-corrected chi connectivity index (χ3v) is 8.83. The van der Waals surface area contributed by atoms with Crippen molar-refractivity contribution in [2.75, 3.05) is 60.5 Å². The SMILES string of the molecule is CCN(CC)c1ccc(N2CCN(S(=O)(=O)c3cc4c5c(c3)CCN5C(=O)CC4)CC2)nn1. The van der Waals surface area contributed by atoms with Gasteiger partial charge in [0.1, 0.15) is 0 Å². The van der Waals surface area contributed by atoms with Crippen molar-refractivity contribution >= 4 is 33.3 Å². The lowest BCUT2D eigenvalue weighted by molar-refractivity contribution is -0.118. The molecule has 0 N–H and O–H groups in total. The van der Waals surface area contributed by atoms with Crippen molar-refractivity contribution < 1.29 is 13.2 Å². The monoisotopic (exact) mass is 470 g/mol. The lowest BCUT2D eigenvalue weighted by Gasteiger charge is -2.35. The Morgan fingerprint density at radius 1 is 0.909 bits per heavy atom. The number of amides is 1. The Balaban J connectivity index is 1.30. The molecule has 0 spiro atoms. The van der Waals surface area contributed by atoms with Gasteiger partial charge in [-0.3, -0.25) is 4.79 Å². The van der Waals surface area contributed by atoms with E-state index in [0.29, 0.717) is 56.9 Å². The van der Waals surface area contributed by atoms with Gasteiger partial charge in [0, 0.05) is 52.2 Å². The largest absolute Gasteiger partial charge is 0.356 e. The number of hydrogen-bond donors (Lipinski definition) is 0. The molecule has 1 amide bonds. The van der Waals surface area contributed by atoms with Crippen LogP contribution in [-0.2, 0) is 27.7 Å². The first kappa shape index (κ1) is 22.1. The van der Waals surface area contributed by atoms with Crippen molar-refractivity contribution in [2.45, 2.75) is 38.0 Å². The van der Waals surface area contributed by atoms with Gasteiger partial charge < -0.3 is 14.7 Å². The predicted molar refractivity (Wildman–Crippen MR) is 127 cm³/mol. The average molecular weight is 471 g/mol. The molecule has 1 aromatic heterocycles. The summed E-state index contributed by atoms with van der Waals surface area (Å²) < 4.78 is 28.4. The Morgan fingerprint density at radius 3 is 2.24 bits per heavy atom. The zero-order chi connectivity index (χ0) is 23.2. The van der Waals surface area contributed by atoms with E-state index in [9.17, 15) is 13.2 Å². The van der Waals surface area contributed by atoms with Gasteiger partial charge in [0.05, 0.1) is 10.6 Å². The second-order valence-corrected chi connectivity index (χ2v) is 10.6. The van der Waals surface area contributed by atoms with Crippen LogP contribution in [0.1, 0.15) is 31.4 Å². The first-order valence-electron chi connectivity index (χ1n) is 11.7. The van der Waals surface area contributed by atoms with Gasteiger partial charge >= 0.3 is 0 Å². The number of anilines is 3. The van der Waals surface area contributed by atoms with Crippen LogP contribution < -0.4 is 14.7 Å². The van der Waals surface area contributed by atoms with Gasteiger partial charge in [-0.15, -0.1) is 10.2 Å². The zero-order valence-corrected chi connectivity index (χ0v) is 20.0. The molecule has 9 nitrogen and oxygen atoms in total. The van der Waals surface area contributed by atoms with Crippen molar-refractivity contribution in [3.8, 4) is 0 Å². The maximum atomic E-state index is 13.4. The summed E-state index contributed by atoms with van der Waals surface area (Å²) in [6.45, 7) is 8.51. The fourth-order valence-corrected chi connectivity index (χ4v) is 6.61. The van der Waals surface area contributed by atoms with Crippen LogP contribution in [-0.4, -0.2) is 74.6 Å². The Bertz CT molecular complexity index is 1160. The minimum atomic E-state index is -3.59. The normalized spacial score (nSPS) is 18.5. The first-order chi connectivity index (χ1) is 15.9. The minimum absolute atomic E-state index is 0.140. The van der Waals surface area contributed by atoms with Crippen molar-refractivity contribution in [1.82, 2.24) is 14.5 Å². The van der Waals surface area contributed by atoms with Crippen LogP contribution in [0, 0.1) is 0 Å². The maximum Gasteiger partial charge on any atom is 0.243 e. The number of piperazine rings is 1. The number of nitrogens with zero attached hydrogens (tertiary/aromatic N) is 6. The maximum absolute atomic E-state index is 13.4. The van der Waals surface area contributed by atoms with Crippen LogP contribution in [0.5, 0.6) is 0 Å². The lowest BCUT2D eigenvalue weighted by Crippen LogP contribution is -2.49. The Hall–Kier alpha value is -2.72. The van der Waals surface area contributed by atoms with Crippen LogP contribution in [0.15, 0.2) is 29.2 Å². The third-order valence-electron chi connectivity index (χ3n) is 6.95. The number of benzene rings is 1. The van der Waals surface area contributed by atoms with E-state index >= 15 is 0 Å². The molecule has 1 fully saturated rings. The quantitative estimate of drug-likeness (QED) is 0.634. The van der Waals surface area contributed by atoms with E-state index in [0.717, 1.165) is 41.5 Å². The van der Waals surface area contributed by atoms with Gasteiger partial charge in [0.2, 0.25) is 15.9 Å². The molecule has 0 saturated carbocycles. The first-order valence-corrected chi connectivity index (χ1v) is 13.2. The number of hydrogen-bond acceptors (Lipinski definition) is 7. The number of aryl methyl sites for hydroxylation is 1. The molecular formula is C23H30N6O3S. The molecule has 33 heavy (non-hydrogen) atoms. The van der Waals surface area contributed by atoms with E-state index in [1.165, 1.54) is 0 Å². The van der Waals surface area contributed by atoms with Crippen LogP contribution in [0.25, 0.3) is 0 Å². The van der Waals surface area contributed by atoms with Crippen LogP contribution >= 0.6 is 0 Å². The molecule has 3 aliphatic rings. The van der Waals surface area contributed by atoms with E-state index in [1.54, 1.807) is 16.4 Å². The molecule has 3 aliphatic heterocycles. The number of carbonyl (C=O) groups is 1. The van der Waals surface area contributed by atoms with Crippen LogP contribution in [0.2, 0.25) is 0 Å². The molecule has 0 bridgehead atoms.